The lowest BCUT2D eigenvalue weighted by atomic mass is 10.1. The molecule has 0 bridgehead atoms. The molecule has 4 heterocycles. The summed E-state index contributed by atoms with van der Waals surface area (Å²) in [5.41, 5.74) is 2.84. The van der Waals surface area contributed by atoms with E-state index in [2.05, 4.69) is 19.9 Å². The zero-order chi connectivity index (χ0) is 21.7. The number of aliphatic hydroxyl groups is 2. The molecule has 3 aromatic heterocycles. The predicted molar refractivity (Wildman–Crippen MR) is 107 cm³/mol. The number of fused-ring (bicyclic) bond motifs is 2. The van der Waals surface area contributed by atoms with Gasteiger partial charge in [-0.15, -0.1) is 0 Å². The average molecular weight is 426 g/mol. The minimum Gasteiger partial charge on any atom is -0.471 e. The Morgan fingerprint density at radius 3 is 2.77 bits per heavy atom. The van der Waals surface area contributed by atoms with Crippen LogP contribution in [0.15, 0.2) is 24.9 Å². The summed E-state index contributed by atoms with van der Waals surface area (Å²) in [5, 5.41) is 31.6. The maximum absolute atomic E-state index is 11.4. The van der Waals surface area contributed by atoms with Crippen molar-refractivity contribution in [3.8, 4) is 5.88 Å². The van der Waals surface area contributed by atoms with Crippen LogP contribution in [0.3, 0.4) is 0 Å². The van der Waals surface area contributed by atoms with E-state index in [1.54, 1.807) is 0 Å². The summed E-state index contributed by atoms with van der Waals surface area (Å²) in [4.78, 5) is 29.6. The fourth-order valence-electron chi connectivity index (χ4n) is 4.45. The Kier molecular flexibility index (Phi) is 4.71. The first-order valence-corrected chi connectivity index (χ1v) is 10.1. The monoisotopic (exact) mass is 426 g/mol. The number of carbonyl (C=O) groups is 1. The topological polar surface area (TPSA) is 147 Å². The molecule has 0 spiro atoms. The van der Waals surface area contributed by atoms with E-state index in [4.69, 9.17) is 4.74 Å². The smallest absolute Gasteiger partial charge is 0.407 e. The van der Waals surface area contributed by atoms with Gasteiger partial charge in [-0.05, 0) is 13.0 Å². The molecule has 31 heavy (non-hydrogen) atoms. The van der Waals surface area contributed by atoms with Gasteiger partial charge < -0.3 is 29.5 Å². The third-order valence-corrected chi connectivity index (χ3v) is 6.16. The summed E-state index contributed by atoms with van der Waals surface area (Å²) < 4.78 is 7.86. The largest absolute Gasteiger partial charge is 0.471 e. The Labute approximate surface area is 177 Å². The fourth-order valence-corrected chi connectivity index (χ4v) is 4.45. The molecule has 0 radical (unpaired) electrons. The van der Waals surface area contributed by atoms with Crippen LogP contribution in [0.25, 0.3) is 11.0 Å². The highest BCUT2D eigenvalue weighted by molar-refractivity contribution is 5.78. The van der Waals surface area contributed by atoms with Gasteiger partial charge in [-0.2, -0.15) is 0 Å². The second-order valence-electron chi connectivity index (χ2n) is 7.92. The van der Waals surface area contributed by atoms with Crippen molar-refractivity contribution >= 4 is 17.1 Å². The van der Waals surface area contributed by atoms with E-state index in [9.17, 15) is 20.1 Å². The number of nitrogens with zero attached hydrogens (tertiary/aromatic N) is 6. The number of aromatic nitrogens is 5. The molecule has 1 fully saturated rings. The van der Waals surface area contributed by atoms with Crippen LogP contribution in [0.5, 0.6) is 5.88 Å². The van der Waals surface area contributed by atoms with E-state index < -0.39 is 30.4 Å². The van der Waals surface area contributed by atoms with Crippen LogP contribution in [-0.2, 0) is 13.0 Å². The summed E-state index contributed by atoms with van der Waals surface area (Å²) in [6.45, 7) is 2.36. The Balaban J connectivity index is 1.42. The van der Waals surface area contributed by atoms with Gasteiger partial charge in [0, 0.05) is 31.0 Å². The SMILES string of the molecule is Cc1ncnc2c1ccn2[C@@H]1C[C@H](Oc2ncnc3c2CN(C(=O)O)CC3)[C@@H](O)[C@H]1O. The molecule has 5 rings (SSSR count). The molecule has 0 aromatic carbocycles. The third-order valence-electron chi connectivity index (χ3n) is 6.16. The lowest BCUT2D eigenvalue weighted by Crippen LogP contribution is -2.37. The molecular formula is C20H22N6O5. The van der Waals surface area contributed by atoms with E-state index in [1.165, 1.54) is 17.6 Å². The van der Waals surface area contributed by atoms with Crippen LogP contribution >= 0.6 is 0 Å². The molecule has 0 saturated heterocycles. The van der Waals surface area contributed by atoms with E-state index in [-0.39, 0.29) is 12.4 Å². The van der Waals surface area contributed by atoms with Gasteiger partial charge in [-0.1, -0.05) is 0 Å². The van der Waals surface area contributed by atoms with Crippen LogP contribution in [0.2, 0.25) is 0 Å². The minimum atomic E-state index is -1.14. The molecule has 3 aromatic rings. The molecule has 1 aliphatic carbocycles. The van der Waals surface area contributed by atoms with E-state index >= 15 is 0 Å². The molecular weight excluding hydrogens is 404 g/mol. The predicted octanol–water partition coefficient (Wildman–Crippen LogP) is 0.680. The first-order valence-electron chi connectivity index (χ1n) is 10.1. The molecule has 11 heteroatoms. The zero-order valence-corrected chi connectivity index (χ0v) is 16.8. The Bertz CT molecular complexity index is 1150. The number of hydrogen-bond acceptors (Lipinski definition) is 8. The lowest BCUT2D eigenvalue weighted by molar-refractivity contribution is -0.0180. The van der Waals surface area contributed by atoms with Crippen molar-refractivity contribution in [3.05, 3.63) is 41.9 Å². The second kappa shape index (κ2) is 7.43. The first kappa shape index (κ1) is 19.6. The standard InChI is InChI=1S/C20H22N6O5/c1-10-11-2-5-26(18(11)23-8-21-10)14-6-15(17(28)16(14)27)31-19-12-7-25(20(29)30)4-3-13(12)22-9-24-19/h2,5,8-9,14-17,27-28H,3-4,6-7H2,1H3,(H,29,30)/t14-,15+,16+,17-/m1/s1. The molecule has 1 saturated carbocycles. The number of aryl methyl sites for hydroxylation is 1. The maximum atomic E-state index is 11.4. The summed E-state index contributed by atoms with van der Waals surface area (Å²) in [7, 11) is 0. The average Bonchev–Trinajstić information content (AvgIpc) is 3.31. The van der Waals surface area contributed by atoms with Crippen molar-refractivity contribution in [2.45, 2.75) is 50.7 Å². The van der Waals surface area contributed by atoms with Gasteiger partial charge in [0.1, 0.15) is 36.6 Å². The Morgan fingerprint density at radius 2 is 1.97 bits per heavy atom. The third kappa shape index (κ3) is 3.26. The number of rotatable bonds is 3. The van der Waals surface area contributed by atoms with Crippen LogP contribution in [0.4, 0.5) is 4.79 Å². The number of carboxylic acid groups (broad SMARTS) is 1. The summed E-state index contributed by atoms with van der Waals surface area (Å²) in [6.07, 6.45) is 1.52. The maximum Gasteiger partial charge on any atom is 0.407 e. The number of aliphatic hydroxyl groups excluding tert-OH is 2. The summed E-state index contributed by atoms with van der Waals surface area (Å²) in [5.74, 6) is 0.239. The van der Waals surface area contributed by atoms with E-state index in [0.717, 1.165) is 16.8 Å². The van der Waals surface area contributed by atoms with Gasteiger partial charge in [0.15, 0.2) is 0 Å². The van der Waals surface area contributed by atoms with Gasteiger partial charge >= 0.3 is 6.09 Å². The van der Waals surface area contributed by atoms with Crippen LogP contribution < -0.4 is 4.74 Å². The molecule has 3 N–H and O–H groups in total. The van der Waals surface area contributed by atoms with Crippen molar-refractivity contribution in [1.29, 1.82) is 0 Å². The fraction of sp³-hybridized carbons (Fsp3) is 0.450. The van der Waals surface area contributed by atoms with Crippen molar-refractivity contribution in [1.82, 2.24) is 29.4 Å². The molecule has 11 nitrogen and oxygen atoms in total. The quantitative estimate of drug-likeness (QED) is 0.550. The molecule has 4 atom stereocenters. The van der Waals surface area contributed by atoms with Gasteiger partial charge in [-0.3, -0.25) is 0 Å². The Hall–Kier alpha value is -3.31. The van der Waals surface area contributed by atoms with E-state index in [0.29, 0.717) is 30.6 Å². The normalized spacial score (nSPS) is 25.6. The van der Waals surface area contributed by atoms with Crippen molar-refractivity contribution in [2.75, 3.05) is 6.54 Å². The molecule has 2 aliphatic rings. The molecule has 162 valence electrons. The number of amides is 1. The van der Waals surface area contributed by atoms with Crippen LogP contribution in [0, 0.1) is 6.92 Å². The van der Waals surface area contributed by atoms with Crippen molar-refractivity contribution in [3.63, 3.8) is 0 Å². The highest BCUT2D eigenvalue weighted by atomic mass is 16.5. The molecule has 1 amide bonds. The second-order valence-corrected chi connectivity index (χ2v) is 7.92. The van der Waals surface area contributed by atoms with E-state index in [1.807, 2.05) is 23.8 Å². The van der Waals surface area contributed by atoms with Gasteiger partial charge in [0.25, 0.3) is 0 Å². The first-order chi connectivity index (χ1) is 14.9. The minimum absolute atomic E-state index is 0.119. The zero-order valence-electron chi connectivity index (χ0n) is 16.8. The number of ether oxygens (including phenoxy) is 1. The highest BCUT2D eigenvalue weighted by Crippen LogP contribution is 2.36. The van der Waals surface area contributed by atoms with Crippen LogP contribution in [-0.4, -0.2) is 75.7 Å². The van der Waals surface area contributed by atoms with Crippen molar-refractivity contribution in [2.24, 2.45) is 0 Å². The van der Waals surface area contributed by atoms with Crippen molar-refractivity contribution < 1.29 is 24.9 Å². The Morgan fingerprint density at radius 1 is 1.16 bits per heavy atom. The van der Waals surface area contributed by atoms with Gasteiger partial charge in [0.2, 0.25) is 5.88 Å². The van der Waals surface area contributed by atoms with Crippen LogP contribution in [0.1, 0.15) is 29.4 Å². The number of hydrogen-bond donors (Lipinski definition) is 3. The summed E-state index contributed by atoms with van der Waals surface area (Å²) >= 11 is 0. The van der Waals surface area contributed by atoms with Gasteiger partial charge in [0.05, 0.1) is 29.5 Å². The molecule has 0 unspecified atom stereocenters. The highest BCUT2D eigenvalue weighted by Gasteiger charge is 2.45. The van der Waals surface area contributed by atoms with Gasteiger partial charge in [-0.25, -0.2) is 24.7 Å². The molecule has 1 aliphatic heterocycles. The summed E-state index contributed by atoms with van der Waals surface area (Å²) in [6, 6.07) is 1.44. The lowest BCUT2D eigenvalue weighted by Gasteiger charge is -2.27.